The van der Waals surface area contributed by atoms with Crippen LogP contribution in [0, 0.1) is 0 Å². The first kappa shape index (κ1) is 14.1. The average molecular weight is 286 g/mol. The van der Waals surface area contributed by atoms with Crippen LogP contribution in [0.4, 0.5) is 0 Å². The minimum Gasteiger partial charge on any atom is -0.345 e. The molecule has 5 heteroatoms. The van der Waals surface area contributed by atoms with Crippen molar-refractivity contribution in [2.24, 2.45) is 0 Å². The van der Waals surface area contributed by atoms with Gasteiger partial charge in [-0.3, -0.25) is 4.79 Å². The minimum atomic E-state index is 0.123. The highest BCUT2D eigenvalue weighted by Crippen LogP contribution is 2.18. The summed E-state index contributed by atoms with van der Waals surface area (Å²) in [6.45, 7) is 5.96. The van der Waals surface area contributed by atoms with Crippen LogP contribution in [0.5, 0.6) is 0 Å². The van der Waals surface area contributed by atoms with Crippen LogP contribution < -0.4 is 5.32 Å². The maximum absolute atomic E-state index is 12.9. The molecule has 2 unspecified atom stereocenters. The van der Waals surface area contributed by atoms with Gasteiger partial charge in [-0.2, -0.15) is 0 Å². The monoisotopic (exact) mass is 286 g/mol. The van der Waals surface area contributed by atoms with E-state index in [0.717, 1.165) is 42.5 Å². The number of hydrogen-bond acceptors (Lipinski definition) is 3. The third kappa shape index (κ3) is 2.65. The quantitative estimate of drug-likeness (QED) is 0.909. The second-order valence-electron chi connectivity index (χ2n) is 5.67. The highest BCUT2D eigenvalue weighted by atomic mass is 16.2. The lowest BCUT2D eigenvalue weighted by molar-refractivity contribution is 0.0576. The Bertz CT molecular complexity index is 636. The zero-order valence-corrected chi connectivity index (χ0v) is 12.6. The summed E-state index contributed by atoms with van der Waals surface area (Å²) in [5.41, 5.74) is 2.54. The number of rotatable bonds is 3. The topological polar surface area (TPSA) is 61.0 Å². The van der Waals surface area contributed by atoms with Crippen LogP contribution in [0.3, 0.4) is 0 Å². The van der Waals surface area contributed by atoms with Gasteiger partial charge in [-0.25, -0.2) is 4.98 Å². The first-order valence-corrected chi connectivity index (χ1v) is 7.70. The summed E-state index contributed by atoms with van der Waals surface area (Å²) in [7, 11) is 0. The fourth-order valence-electron chi connectivity index (χ4n) is 2.99. The van der Waals surface area contributed by atoms with Gasteiger partial charge in [0.25, 0.3) is 5.91 Å². The molecule has 2 heterocycles. The Labute approximate surface area is 124 Å². The molecule has 2 aromatic rings. The van der Waals surface area contributed by atoms with Gasteiger partial charge in [-0.1, -0.05) is 13.8 Å². The molecule has 2 atom stereocenters. The lowest BCUT2D eigenvalue weighted by Gasteiger charge is -2.40. The van der Waals surface area contributed by atoms with Crippen molar-refractivity contribution in [3.63, 3.8) is 0 Å². The predicted molar refractivity (Wildman–Crippen MR) is 83.3 cm³/mol. The Morgan fingerprint density at radius 3 is 3.00 bits per heavy atom. The molecule has 5 nitrogen and oxygen atoms in total. The predicted octanol–water partition coefficient (Wildman–Crippen LogP) is 2.17. The molecule has 2 N–H and O–H groups in total. The van der Waals surface area contributed by atoms with E-state index in [0.29, 0.717) is 6.04 Å². The van der Waals surface area contributed by atoms with Gasteiger partial charge in [0.2, 0.25) is 0 Å². The molecule has 3 rings (SSSR count). The van der Waals surface area contributed by atoms with Crippen LogP contribution in [0.1, 0.15) is 37.0 Å². The maximum Gasteiger partial charge on any atom is 0.254 e. The van der Waals surface area contributed by atoms with Crippen molar-refractivity contribution in [2.75, 3.05) is 13.1 Å². The number of nitrogens with one attached hydrogen (secondary N) is 2. The van der Waals surface area contributed by atoms with Crippen LogP contribution in [0.15, 0.2) is 24.5 Å². The molecular weight excluding hydrogens is 264 g/mol. The van der Waals surface area contributed by atoms with Crippen molar-refractivity contribution in [1.82, 2.24) is 20.2 Å². The number of H-pyrrole nitrogens is 1. The first-order chi connectivity index (χ1) is 10.2. The number of aromatic nitrogens is 2. The Balaban J connectivity index is 1.87. The Morgan fingerprint density at radius 1 is 1.38 bits per heavy atom. The molecule has 1 fully saturated rings. The largest absolute Gasteiger partial charge is 0.345 e. The zero-order valence-electron chi connectivity index (χ0n) is 12.6. The fourth-order valence-corrected chi connectivity index (χ4v) is 2.99. The molecule has 0 bridgehead atoms. The van der Waals surface area contributed by atoms with Crippen molar-refractivity contribution in [3.8, 4) is 0 Å². The molecule has 1 aromatic carbocycles. The second-order valence-corrected chi connectivity index (χ2v) is 5.67. The van der Waals surface area contributed by atoms with Crippen molar-refractivity contribution in [3.05, 3.63) is 30.1 Å². The van der Waals surface area contributed by atoms with E-state index in [4.69, 9.17) is 0 Å². The van der Waals surface area contributed by atoms with Gasteiger partial charge in [0.1, 0.15) is 0 Å². The van der Waals surface area contributed by atoms with E-state index in [-0.39, 0.29) is 11.9 Å². The summed E-state index contributed by atoms with van der Waals surface area (Å²) < 4.78 is 0. The standard InChI is InChI=1S/C16H22N4O/c1-3-12-9-20(13(4-2)8-17-12)16(21)11-5-6-14-15(7-11)19-10-18-14/h5-7,10,12-13,17H,3-4,8-9H2,1-2H3,(H,18,19). The number of amides is 1. The maximum atomic E-state index is 12.9. The molecular formula is C16H22N4O. The third-order valence-corrected chi connectivity index (χ3v) is 4.39. The summed E-state index contributed by atoms with van der Waals surface area (Å²) >= 11 is 0. The van der Waals surface area contributed by atoms with Gasteiger partial charge >= 0.3 is 0 Å². The zero-order chi connectivity index (χ0) is 14.8. The minimum absolute atomic E-state index is 0.123. The average Bonchev–Trinajstić information content (AvgIpc) is 3.01. The van der Waals surface area contributed by atoms with Gasteiger partial charge in [-0.15, -0.1) is 0 Å². The number of benzene rings is 1. The van der Waals surface area contributed by atoms with Crippen molar-refractivity contribution >= 4 is 16.9 Å². The van der Waals surface area contributed by atoms with Gasteiger partial charge < -0.3 is 15.2 Å². The summed E-state index contributed by atoms with van der Waals surface area (Å²) in [6.07, 6.45) is 3.67. The fraction of sp³-hybridized carbons (Fsp3) is 0.500. The molecule has 1 saturated heterocycles. The van der Waals surface area contributed by atoms with Crippen molar-refractivity contribution in [2.45, 2.75) is 38.8 Å². The SMILES string of the molecule is CCC1CN(C(=O)c2ccc3nc[nH]c3c2)C(CC)CN1. The molecule has 0 saturated carbocycles. The van der Waals surface area contributed by atoms with Crippen LogP contribution in [-0.2, 0) is 0 Å². The third-order valence-electron chi connectivity index (χ3n) is 4.39. The van der Waals surface area contributed by atoms with Crippen molar-refractivity contribution < 1.29 is 4.79 Å². The Morgan fingerprint density at radius 2 is 2.24 bits per heavy atom. The van der Waals surface area contributed by atoms with E-state index in [1.807, 2.05) is 23.1 Å². The number of imidazole rings is 1. The normalized spacial score (nSPS) is 22.7. The van der Waals surface area contributed by atoms with E-state index < -0.39 is 0 Å². The smallest absolute Gasteiger partial charge is 0.254 e. The molecule has 0 aliphatic carbocycles. The van der Waals surface area contributed by atoms with Gasteiger partial charge in [0, 0.05) is 30.7 Å². The van der Waals surface area contributed by atoms with Crippen LogP contribution in [-0.4, -0.2) is 45.9 Å². The number of nitrogens with zero attached hydrogens (tertiary/aromatic N) is 2. The van der Waals surface area contributed by atoms with E-state index in [2.05, 4.69) is 29.1 Å². The number of piperazine rings is 1. The highest BCUT2D eigenvalue weighted by molar-refractivity contribution is 5.97. The molecule has 1 aromatic heterocycles. The van der Waals surface area contributed by atoms with Crippen LogP contribution in [0.2, 0.25) is 0 Å². The Hall–Kier alpha value is -1.88. The molecule has 21 heavy (non-hydrogen) atoms. The number of aromatic amines is 1. The summed E-state index contributed by atoms with van der Waals surface area (Å²) in [4.78, 5) is 22.2. The Kier molecular flexibility index (Phi) is 3.92. The molecule has 112 valence electrons. The van der Waals surface area contributed by atoms with Crippen molar-refractivity contribution in [1.29, 1.82) is 0 Å². The summed E-state index contributed by atoms with van der Waals surface area (Å²) in [5.74, 6) is 0.123. The molecule has 1 aliphatic heterocycles. The van der Waals surface area contributed by atoms with Gasteiger partial charge in [-0.05, 0) is 31.0 Å². The van der Waals surface area contributed by atoms with Crippen LogP contribution >= 0.6 is 0 Å². The lowest BCUT2D eigenvalue weighted by atomic mass is 10.0. The number of carbonyl (C=O) groups is 1. The first-order valence-electron chi connectivity index (χ1n) is 7.70. The van der Waals surface area contributed by atoms with Gasteiger partial charge in [0.05, 0.1) is 17.4 Å². The number of hydrogen-bond donors (Lipinski definition) is 2. The van der Waals surface area contributed by atoms with E-state index >= 15 is 0 Å². The van der Waals surface area contributed by atoms with Gasteiger partial charge in [0.15, 0.2) is 0 Å². The van der Waals surface area contributed by atoms with Crippen LogP contribution in [0.25, 0.3) is 11.0 Å². The van der Waals surface area contributed by atoms with E-state index in [9.17, 15) is 4.79 Å². The molecule has 0 spiro atoms. The molecule has 1 amide bonds. The number of carbonyl (C=O) groups excluding carboxylic acids is 1. The summed E-state index contributed by atoms with van der Waals surface area (Å²) in [5, 5.41) is 3.52. The van der Waals surface area contributed by atoms with E-state index in [1.54, 1.807) is 6.33 Å². The summed E-state index contributed by atoms with van der Waals surface area (Å²) in [6, 6.07) is 6.35. The lowest BCUT2D eigenvalue weighted by Crippen LogP contribution is -2.57. The number of fused-ring (bicyclic) bond motifs is 1. The molecule has 1 aliphatic rings. The highest BCUT2D eigenvalue weighted by Gasteiger charge is 2.30. The second kappa shape index (κ2) is 5.85. The molecule has 0 radical (unpaired) electrons. The van der Waals surface area contributed by atoms with E-state index in [1.165, 1.54) is 0 Å².